The summed E-state index contributed by atoms with van der Waals surface area (Å²) in [6, 6.07) is 12.5. The van der Waals surface area contributed by atoms with Gasteiger partial charge in [0.2, 0.25) is 5.91 Å². The highest BCUT2D eigenvalue weighted by molar-refractivity contribution is 5.93. The molecule has 0 bridgehead atoms. The lowest BCUT2D eigenvalue weighted by molar-refractivity contribution is -0.182. The molecule has 44 heavy (non-hydrogen) atoms. The van der Waals surface area contributed by atoms with Gasteiger partial charge in [0, 0.05) is 44.8 Å². The van der Waals surface area contributed by atoms with Crippen LogP contribution in [0.4, 0.5) is 13.2 Å². The number of halogens is 3. The van der Waals surface area contributed by atoms with Crippen LogP contribution in [0.25, 0.3) is 38.8 Å². The van der Waals surface area contributed by atoms with Crippen LogP contribution in [-0.4, -0.2) is 72.6 Å². The standard InChI is InChI=1S/C27H23F3N6O2.C2H8N2.C2H6/c1-33-23-15-31-13-19(20(23)14-32-33)17-8-10-18(11-9-17)36-22-6-3-2-5-21(22)35(26(36)38)16-25(37)34-12-4-7-24(34)27(28,29)30;1-4(2)3;1-2/h2-3,5-6,8-11,13-15,24H,4,7,12,16H2,1H3;3H2,1-2H3;1-2H3. The number of amides is 1. The second-order valence-corrected chi connectivity index (χ2v) is 10.4. The zero-order valence-corrected chi connectivity index (χ0v) is 25.4. The van der Waals surface area contributed by atoms with Crippen molar-refractivity contribution in [2.24, 2.45) is 12.9 Å². The third-order valence-corrected chi connectivity index (χ3v) is 7.19. The molecule has 1 atom stereocenters. The monoisotopic (exact) mass is 610 g/mol. The summed E-state index contributed by atoms with van der Waals surface area (Å²) in [5, 5.41) is 6.75. The molecule has 0 aliphatic carbocycles. The normalized spacial score (nSPS) is 14.9. The van der Waals surface area contributed by atoms with Gasteiger partial charge in [0.15, 0.2) is 0 Å². The molecule has 13 heteroatoms. The molecule has 1 aliphatic heterocycles. The maximum absolute atomic E-state index is 13.6. The molecule has 1 amide bonds. The summed E-state index contributed by atoms with van der Waals surface area (Å²) in [6.07, 6.45) is 0.938. The molecule has 3 aromatic heterocycles. The van der Waals surface area contributed by atoms with E-state index in [1.165, 1.54) is 14.1 Å². The molecule has 0 radical (unpaired) electrons. The molecule has 2 N–H and O–H groups in total. The Bertz CT molecular complexity index is 1790. The Labute approximate surface area is 253 Å². The number of aryl methyl sites for hydroxylation is 1. The first-order valence-corrected chi connectivity index (χ1v) is 14.3. The van der Waals surface area contributed by atoms with Gasteiger partial charge in [-0.2, -0.15) is 18.3 Å². The molecule has 5 aromatic rings. The van der Waals surface area contributed by atoms with E-state index in [0.717, 1.165) is 26.9 Å². The molecule has 6 rings (SSSR count). The topological polar surface area (TPSA) is 107 Å². The molecule has 234 valence electrons. The third-order valence-electron chi connectivity index (χ3n) is 7.19. The highest BCUT2D eigenvalue weighted by Gasteiger charge is 2.47. The van der Waals surface area contributed by atoms with Crippen molar-refractivity contribution in [2.45, 2.75) is 45.5 Å². The van der Waals surface area contributed by atoms with Crippen molar-refractivity contribution >= 4 is 27.8 Å². The van der Waals surface area contributed by atoms with Crippen molar-refractivity contribution in [3.05, 3.63) is 77.6 Å². The number of pyridine rings is 1. The van der Waals surface area contributed by atoms with E-state index >= 15 is 0 Å². The van der Waals surface area contributed by atoms with Gasteiger partial charge >= 0.3 is 11.9 Å². The second-order valence-electron chi connectivity index (χ2n) is 10.4. The van der Waals surface area contributed by atoms with Gasteiger partial charge in [-0.1, -0.05) is 38.1 Å². The SMILES string of the molecule is CC.CN(C)N.Cn1ncc2c(-c3ccc(-n4c(=O)n(CC(=O)N5CCCC5C(F)(F)F)c5ccccc54)cc3)cncc21. The Morgan fingerprint density at radius 3 is 2.27 bits per heavy atom. The van der Waals surface area contributed by atoms with E-state index in [-0.39, 0.29) is 19.4 Å². The number of likely N-dealkylation sites (tertiary alicyclic amines) is 1. The van der Waals surface area contributed by atoms with E-state index in [2.05, 4.69) is 10.1 Å². The minimum Gasteiger partial charge on any atom is -0.329 e. The first kappa shape index (κ1) is 32.4. The van der Waals surface area contributed by atoms with E-state index in [4.69, 9.17) is 5.84 Å². The van der Waals surface area contributed by atoms with Crippen LogP contribution in [0.15, 0.2) is 71.9 Å². The highest BCUT2D eigenvalue weighted by Crippen LogP contribution is 2.33. The number of hydrogen-bond donors (Lipinski definition) is 1. The van der Waals surface area contributed by atoms with Crippen LogP contribution in [0.3, 0.4) is 0 Å². The highest BCUT2D eigenvalue weighted by atomic mass is 19.4. The predicted molar refractivity (Wildman–Crippen MR) is 165 cm³/mol. The fourth-order valence-corrected chi connectivity index (χ4v) is 5.32. The van der Waals surface area contributed by atoms with E-state index in [0.29, 0.717) is 16.7 Å². The molecule has 1 fully saturated rings. The quantitative estimate of drug-likeness (QED) is 0.233. The number of benzene rings is 2. The summed E-state index contributed by atoms with van der Waals surface area (Å²) in [5.74, 6) is 4.22. The Kier molecular flexibility index (Phi) is 9.90. The molecule has 1 saturated heterocycles. The van der Waals surface area contributed by atoms with E-state index in [1.54, 1.807) is 73.8 Å². The summed E-state index contributed by atoms with van der Waals surface area (Å²) in [5.41, 5.74) is 3.78. The molecular formula is C31H37F3N8O2. The van der Waals surface area contributed by atoms with Gasteiger partial charge in [-0.05, 0) is 42.7 Å². The fraction of sp³-hybridized carbons (Fsp3) is 0.355. The zero-order valence-electron chi connectivity index (χ0n) is 25.4. The van der Waals surface area contributed by atoms with Crippen LogP contribution in [0.1, 0.15) is 26.7 Å². The number of carbonyl (C=O) groups excluding carboxylic acids is 1. The van der Waals surface area contributed by atoms with Crippen LogP contribution in [0.5, 0.6) is 0 Å². The van der Waals surface area contributed by atoms with Gasteiger partial charge in [-0.15, -0.1) is 0 Å². The van der Waals surface area contributed by atoms with Crippen LogP contribution >= 0.6 is 0 Å². The van der Waals surface area contributed by atoms with Gasteiger partial charge in [-0.3, -0.25) is 34.4 Å². The van der Waals surface area contributed by atoms with Crippen molar-refractivity contribution in [1.29, 1.82) is 0 Å². The van der Waals surface area contributed by atoms with Gasteiger partial charge in [0.25, 0.3) is 0 Å². The number of aromatic nitrogens is 5. The van der Waals surface area contributed by atoms with Crippen molar-refractivity contribution in [2.75, 3.05) is 20.6 Å². The van der Waals surface area contributed by atoms with Gasteiger partial charge in [0.05, 0.1) is 34.6 Å². The number of para-hydroxylation sites is 2. The first-order valence-electron chi connectivity index (χ1n) is 14.3. The van der Waals surface area contributed by atoms with Crippen LogP contribution in [-0.2, 0) is 18.4 Å². The average molecular weight is 611 g/mol. The molecule has 0 spiro atoms. The average Bonchev–Trinajstić information content (AvgIpc) is 3.71. The van der Waals surface area contributed by atoms with Gasteiger partial charge < -0.3 is 4.90 Å². The number of rotatable bonds is 4. The van der Waals surface area contributed by atoms with Crippen molar-refractivity contribution in [1.82, 2.24) is 33.8 Å². The molecule has 1 aliphatic rings. The zero-order chi connectivity index (χ0) is 32.2. The number of nitrogens with zero attached hydrogens (tertiary/aromatic N) is 7. The van der Waals surface area contributed by atoms with Crippen molar-refractivity contribution in [3.63, 3.8) is 0 Å². The van der Waals surface area contributed by atoms with Crippen LogP contribution in [0, 0.1) is 0 Å². The minimum absolute atomic E-state index is 0.0242. The smallest absolute Gasteiger partial charge is 0.329 e. The number of carbonyl (C=O) groups is 1. The summed E-state index contributed by atoms with van der Waals surface area (Å²) >= 11 is 0. The fourth-order valence-electron chi connectivity index (χ4n) is 5.32. The lowest BCUT2D eigenvalue weighted by atomic mass is 10.0. The van der Waals surface area contributed by atoms with E-state index in [1.807, 2.05) is 33.0 Å². The number of hydrazine groups is 1. The lowest BCUT2D eigenvalue weighted by Crippen LogP contribution is -2.46. The Morgan fingerprint density at radius 1 is 1.00 bits per heavy atom. The summed E-state index contributed by atoms with van der Waals surface area (Å²) in [6.45, 7) is 3.56. The van der Waals surface area contributed by atoms with E-state index in [9.17, 15) is 22.8 Å². The third kappa shape index (κ3) is 6.53. The lowest BCUT2D eigenvalue weighted by Gasteiger charge is -2.26. The Hall–Kier alpha value is -4.49. The van der Waals surface area contributed by atoms with Crippen molar-refractivity contribution in [3.8, 4) is 16.8 Å². The van der Waals surface area contributed by atoms with Gasteiger partial charge in [-0.25, -0.2) is 4.79 Å². The predicted octanol–water partition coefficient (Wildman–Crippen LogP) is 4.74. The largest absolute Gasteiger partial charge is 0.408 e. The molecule has 2 aromatic carbocycles. The number of alkyl halides is 3. The van der Waals surface area contributed by atoms with Gasteiger partial charge in [0.1, 0.15) is 12.6 Å². The minimum atomic E-state index is -4.50. The number of nitrogens with two attached hydrogens (primary N) is 1. The molecule has 10 nitrogen and oxygen atoms in total. The molecule has 4 heterocycles. The van der Waals surface area contributed by atoms with Crippen LogP contribution < -0.4 is 11.5 Å². The molecular weight excluding hydrogens is 573 g/mol. The Morgan fingerprint density at radius 2 is 1.64 bits per heavy atom. The maximum Gasteiger partial charge on any atom is 0.408 e. The number of fused-ring (bicyclic) bond motifs is 2. The summed E-state index contributed by atoms with van der Waals surface area (Å²) in [7, 11) is 5.40. The molecule has 0 saturated carbocycles. The summed E-state index contributed by atoms with van der Waals surface area (Å²) < 4.78 is 44.8. The van der Waals surface area contributed by atoms with E-state index < -0.39 is 30.4 Å². The number of imidazole rings is 1. The summed E-state index contributed by atoms with van der Waals surface area (Å²) in [4.78, 5) is 31.7. The molecule has 1 unspecified atom stereocenters. The second kappa shape index (κ2) is 13.4. The number of hydrogen-bond acceptors (Lipinski definition) is 6. The maximum atomic E-state index is 13.6. The van der Waals surface area contributed by atoms with Crippen LogP contribution in [0.2, 0.25) is 0 Å². The first-order chi connectivity index (χ1) is 21.0. The van der Waals surface area contributed by atoms with Crippen molar-refractivity contribution < 1.29 is 18.0 Å². The Balaban J connectivity index is 0.000000683.